The second-order valence-electron chi connectivity index (χ2n) is 5.40. The zero-order valence-electron chi connectivity index (χ0n) is 11.9. The average Bonchev–Trinajstić information content (AvgIpc) is 2.79. The van der Waals surface area contributed by atoms with E-state index in [0.29, 0.717) is 6.61 Å². The SMILES string of the molecule is CCCCC/C=C1/C2=C(C(=O)OCC2)c2ccccc21. The third-order valence-electron chi connectivity index (χ3n) is 4.06. The Kier molecular flexibility index (Phi) is 3.72. The minimum Gasteiger partial charge on any atom is -0.462 e. The summed E-state index contributed by atoms with van der Waals surface area (Å²) in [5.41, 5.74) is 5.51. The van der Waals surface area contributed by atoms with Crippen molar-refractivity contribution in [2.75, 3.05) is 6.61 Å². The van der Waals surface area contributed by atoms with Gasteiger partial charge < -0.3 is 4.74 Å². The number of fused-ring (bicyclic) bond motifs is 2. The quantitative estimate of drug-likeness (QED) is 0.599. The summed E-state index contributed by atoms with van der Waals surface area (Å²) in [4.78, 5) is 12.1. The number of hydrogen-bond acceptors (Lipinski definition) is 2. The zero-order valence-corrected chi connectivity index (χ0v) is 11.9. The summed E-state index contributed by atoms with van der Waals surface area (Å²) < 4.78 is 5.22. The van der Waals surface area contributed by atoms with E-state index in [1.165, 1.54) is 36.0 Å². The Hall–Kier alpha value is -1.83. The van der Waals surface area contributed by atoms with Gasteiger partial charge >= 0.3 is 5.97 Å². The summed E-state index contributed by atoms with van der Waals surface area (Å²) in [5.74, 6) is -0.157. The van der Waals surface area contributed by atoms with Crippen molar-refractivity contribution in [2.24, 2.45) is 0 Å². The Bertz CT molecular complexity index is 593. The lowest BCUT2D eigenvalue weighted by Gasteiger charge is -2.15. The van der Waals surface area contributed by atoms with E-state index in [9.17, 15) is 4.79 Å². The number of carbonyl (C=O) groups excluding carboxylic acids is 1. The first-order valence-corrected chi connectivity index (χ1v) is 7.53. The van der Waals surface area contributed by atoms with E-state index < -0.39 is 0 Å². The predicted octanol–water partition coefficient (Wildman–Crippen LogP) is 4.36. The molecule has 0 unspecified atom stereocenters. The molecular formula is C18H20O2. The van der Waals surface area contributed by atoms with Crippen LogP contribution in [0.1, 0.15) is 50.2 Å². The third-order valence-corrected chi connectivity index (χ3v) is 4.06. The summed E-state index contributed by atoms with van der Waals surface area (Å²) in [5, 5.41) is 0. The van der Waals surface area contributed by atoms with Crippen molar-refractivity contribution in [2.45, 2.75) is 39.0 Å². The van der Waals surface area contributed by atoms with Gasteiger partial charge in [-0.05, 0) is 35.1 Å². The standard InChI is InChI=1S/C18H20O2/c1-2-3-4-5-8-14-13-9-6-7-10-15(13)17-16(14)11-12-20-18(17)19/h6-10H,2-5,11-12H2,1H3/b14-8+. The Labute approximate surface area is 120 Å². The van der Waals surface area contributed by atoms with Gasteiger partial charge in [0.25, 0.3) is 0 Å². The Morgan fingerprint density at radius 1 is 1.20 bits per heavy atom. The monoisotopic (exact) mass is 268 g/mol. The summed E-state index contributed by atoms with van der Waals surface area (Å²) >= 11 is 0. The summed E-state index contributed by atoms with van der Waals surface area (Å²) in [6.07, 6.45) is 7.96. The maximum absolute atomic E-state index is 12.1. The highest BCUT2D eigenvalue weighted by Gasteiger charge is 2.33. The number of allylic oxidation sites excluding steroid dienone is 2. The van der Waals surface area contributed by atoms with Crippen molar-refractivity contribution < 1.29 is 9.53 Å². The first-order valence-electron chi connectivity index (χ1n) is 7.53. The van der Waals surface area contributed by atoms with Crippen LogP contribution in [0.25, 0.3) is 11.1 Å². The molecule has 20 heavy (non-hydrogen) atoms. The second-order valence-corrected chi connectivity index (χ2v) is 5.40. The lowest BCUT2D eigenvalue weighted by molar-refractivity contribution is -0.137. The minimum atomic E-state index is -0.157. The van der Waals surface area contributed by atoms with Gasteiger partial charge in [0.1, 0.15) is 0 Å². The fourth-order valence-electron chi connectivity index (χ4n) is 3.08. The van der Waals surface area contributed by atoms with Gasteiger partial charge in [-0.2, -0.15) is 0 Å². The van der Waals surface area contributed by atoms with Gasteiger partial charge in [0.15, 0.2) is 0 Å². The van der Waals surface area contributed by atoms with Gasteiger partial charge in [-0.15, -0.1) is 0 Å². The second kappa shape index (κ2) is 5.66. The van der Waals surface area contributed by atoms with E-state index in [4.69, 9.17) is 4.74 Å². The molecule has 0 fully saturated rings. The van der Waals surface area contributed by atoms with E-state index in [-0.39, 0.29) is 5.97 Å². The molecule has 0 aromatic heterocycles. The van der Waals surface area contributed by atoms with Gasteiger partial charge in [0, 0.05) is 6.42 Å². The number of hydrogen-bond donors (Lipinski definition) is 0. The number of rotatable bonds is 4. The van der Waals surface area contributed by atoms with Crippen LogP contribution in [0.2, 0.25) is 0 Å². The molecule has 2 nitrogen and oxygen atoms in total. The van der Waals surface area contributed by atoms with Crippen LogP contribution >= 0.6 is 0 Å². The molecule has 1 aromatic carbocycles. The summed E-state index contributed by atoms with van der Waals surface area (Å²) in [6.45, 7) is 2.73. The van der Waals surface area contributed by atoms with E-state index in [0.717, 1.165) is 24.0 Å². The molecule has 1 aliphatic heterocycles. The molecule has 0 saturated heterocycles. The fourth-order valence-corrected chi connectivity index (χ4v) is 3.08. The number of ether oxygens (including phenoxy) is 1. The third kappa shape index (κ3) is 2.20. The molecule has 2 heteroatoms. The molecule has 104 valence electrons. The first kappa shape index (κ1) is 13.2. The molecule has 0 radical (unpaired) electrons. The van der Waals surface area contributed by atoms with Crippen molar-refractivity contribution in [1.82, 2.24) is 0 Å². The van der Waals surface area contributed by atoms with Crippen LogP contribution in [0.3, 0.4) is 0 Å². The summed E-state index contributed by atoms with van der Waals surface area (Å²) in [6, 6.07) is 8.19. The molecule has 2 aliphatic rings. The van der Waals surface area contributed by atoms with Crippen molar-refractivity contribution in [3.8, 4) is 0 Å². The van der Waals surface area contributed by atoms with Crippen molar-refractivity contribution in [1.29, 1.82) is 0 Å². The first-order chi connectivity index (χ1) is 9.83. The molecule has 0 spiro atoms. The molecule has 0 N–H and O–H groups in total. The Morgan fingerprint density at radius 3 is 2.80 bits per heavy atom. The van der Waals surface area contributed by atoms with Gasteiger partial charge in [-0.3, -0.25) is 0 Å². The van der Waals surface area contributed by atoms with Crippen molar-refractivity contribution in [3.05, 3.63) is 47.0 Å². The van der Waals surface area contributed by atoms with Crippen LogP contribution in [0.4, 0.5) is 0 Å². The smallest absolute Gasteiger partial charge is 0.339 e. The Balaban J connectivity index is 1.98. The maximum atomic E-state index is 12.1. The molecule has 1 aliphatic carbocycles. The van der Waals surface area contributed by atoms with Crippen LogP contribution in [0.5, 0.6) is 0 Å². The van der Waals surface area contributed by atoms with Crippen LogP contribution < -0.4 is 0 Å². The van der Waals surface area contributed by atoms with E-state index in [2.05, 4.69) is 19.1 Å². The number of unbranched alkanes of at least 4 members (excludes halogenated alkanes) is 3. The van der Waals surface area contributed by atoms with Gasteiger partial charge in [-0.25, -0.2) is 4.79 Å². The minimum absolute atomic E-state index is 0.157. The highest BCUT2D eigenvalue weighted by Crippen LogP contribution is 2.45. The largest absolute Gasteiger partial charge is 0.462 e. The van der Waals surface area contributed by atoms with Gasteiger partial charge in [0.2, 0.25) is 0 Å². The van der Waals surface area contributed by atoms with Gasteiger partial charge in [-0.1, -0.05) is 50.1 Å². The van der Waals surface area contributed by atoms with Crippen molar-refractivity contribution >= 4 is 17.1 Å². The van der Waals surface area contributed by atoms with E-state index >= 15 is 0 Å². The van der Waals surface area contributed by atoms with E-state index in [1.54, 1.807) is 0 Å². The maximum Gasteiger partial charge on any atom is 0.339 e. The lowest BCUT2D eigenvalue weighted by atomic mass is 9.98. The van der Waals surface area contributed by atoms with Crippen LogP contribution in [0.15, 0.2) is 35.9 Å². The molecule has 1 heterocycles. The molecule has 3 rings (SSSR count). The van der Waals surface area contributed by atoms with E-state index in [1.807, 2.05) is 18.2 Å². The Morgan fingerprint density at radius 2 is 2.00 bits per heavy atom. The molecular weight excluding hydrogens is 248 g/mol. The van der Waals surface area contributed by atoms with Gasteiger partial charge in [0.05, 0.1) is 12.2 Å². The molecule has 1 aromatic rings. The highest BCUT2D eigenvalue weighted by molar-refractivity contribution is 6.25. The lowest BCUT2D eigenvalue weighted by Crippen LogP contribution is -2.14. The van der Waals surface area contributed by atoms with Crippen molar-refractivity contribution in [3.63, 3.8) is 0 Å². The average molecular weight is 268 g/mol. The molecule has 0 amide bonds. The van der Waals surface area contributed by atoms with Crippen LogP contribution in [0, 0.1) is 0 Å². The highest BCUT2D eigenvalue weighted by atomic mass is 16.5. The topological polar surface area (TPSA) is 26.3 Å². The zero-order chi connectivity index (χ0) is 13.9. The molecule has 0 saturated carbocycles. The molecule has 0 atom stereocenters. The normalized spacial score (nSPS) is 19.1. The number of benzene rings is 1. The molecule has 0 bridgehead atoms. The number of carbonyl (C=O) groups is 1. The van der Waals surface area contributed by atoms with Crippen LogP contribution in [-0.2, 0) is 9.53 Å². The number of cyclic esters (lactones) is 1. The van der Waals surface area contributed by atoms with Crippen LogP contribution in [-0.4, -0.2) is 12.6 Å². The summed E-state index contributed by atoms with van der Waals surface area (Å²) in [7, 11) is 0. The fraction of sp³-hybridized carbons (Fsp3) is 0.389. The number of esters is 1. The predicted molar refractivity (Wildman–Crippen MR) is 81.1 cm³/mol.